The summed E-state index contributed by atoms with van der Waals surface area (Å²) in [5, 5.41) is 0. The summed E-state index contributed by atoms with van der Waals surface area (Å²) in [6.45, 7) is 5.11. The lowest BCUT2D eigenvalue weighted by molar-refractivity contribution is 0.310. The molecule has 1 aromatic carbocycles. The summed E-state index contributed by atoms with van der Waals surface area (Å²) in [5.41, 5.74) is 3.07. The van der Waals surface area contributed by atoms with Gasteiger partial charge in [0.1, 0.15) is 5.82 Å². The molecule has 2 aliphatic rings. The Hall–Kier alpha value is -1.62. The molecule has 1 saturated heterocycles. The fraction of sp³-hybridized carbons (Fsp3) is 0.533. The van der Waals surface area contributed by atoms with Gasteiger partial charge in [0.05, 0.1) is 11.0 Å². The van der Waals surface area contributed by atoms with Crippen LogP contribution in [0.5, 0.6) is 0 Å². The summed E-state index contributed by atoms with van der Waals surface area (Å²) < 4.78 is 16.0. The zero-order valence-corrected chi connectivity index (χ0v) is 11.8. The lowest BCUT2D eigenvalue weighted by atomic mass is 10.0. The molecule has 1 aromatic heterocycles. The number of rotatable bonds is 1. The lowest BCUT2D eigenvalue weighted by Crippen LogP contribution is -2.45. The molecule has 4 rings (SSSR count). The second kappa shape index (κ2) is 4.45. The highest BCUT2D eigenvalue weighted by Gasteiger charge is 2.24. The molecule has 0 aliphatic carbocycles. The highest BCUT2D eigenvalue weighted by Crippen LogP contribution is 2.31. The molecule has 4 nitrogen and oxygen atoms in total. The van der Waals surface area contributed by atoms with E-state index in [0.29, 0.717) is 0 Å². The summed E-state index contributed by atoms with van der Waals surface area (Å²) in [4.78, 5) is 9.40. The molecule has 0 radical (unpaired) electrons. The maximum atomic E-state index is 13.7. The Balaban J connectivity index is 1.83. The van der Waals surface area contributed by atoms with Crippen molar-refractivity contribution in [2.24, 2.45) is 0 Å². The third kappa shape index (κ3) is 1.80. The van der Waals surface area contributed by atoms with E-state index in [1.165, 1.54) is 0 Å². The van der Waals surface area contributed by atoms with Gasteiger partial charge in [-0.2, -0.15) is 0 Å². The Labute approximate surface area is 117 Å². The van der Waals surface area contributed by atoms with Crippen LogP contribution in [0.2, 0.25) is 0 Å². The number of anilines is 1. The van der Waals surface area contributed by atoms with Gasteiger partial charge in [-0.3, -0.25) is 0 Å². The van der Waals surface area contributed by atoms with Crippen LogP contribution in [-0.2, 0) is 13.0 Å². The Morgan fingerprint density at radius 2 is 1.90 bits per heavy atom. The molecule has 0 spiro atoms. The standard InChI is InChI=1S/C15H19FN4/c1-18-5-7-19(8-6-18)15-17-13-10-12(16)9-11-3-2-4-20(15)14(11)13/h9-10H,2-8H2,1H3. The molecule has 106 valence electrons. The molecule has 0 unspecified atom stereocenters. The molecule has 20 heavy (non-hydrogen) atoms. The van der Waals surface area contributed by atoms with Gasteiger partial charge >= 0.3 is 0 Å². The van der Waals surface area contributed by atoms with E-state index in [1.54, 1.807) is 12.1 Å². The Bertz CT molecular complexity index is 655. The van der Waals surface area contributed by atoms with Gasteiger partial charge < -0.3 is 14.4 Å². The van der Waals surface area contributed by atoms with Crippen LogP contribution >= 0.6 is 0 Å². The van der Waals surface area contributed by atoms with Crippen LogP contribution in [0.15, 0.2) is 12.1 Å². The molecule has 2 aromatic rings. The van der Waals surface area contributed by atoms with E-state index in [2.05, 4.69) is 21.4 Å². The second-order valence-electron chi connectivity index (χ2n) is 5.89. The van der Waals surface area contributed by atoms with Crippen molar-refractivity contribution in [3.8, 4) is 0 Å². The Morgan fingerprint density at radius 3 is 2.70 bits per heavy atom. The first-order valence-corrected chi connectivity index (χ1v) is 7.34. The van der Waals surface area contributed by atoms with Crippen LogP contribution in [-0.4, -0.2) is 47.7 Å². The second-order valence-corrected chi connectivity index (χ2v) is 5.89. The number of aromatic nitrogens is 2. The normalized spacial score (nSPS) is 19.8. The van der Waals surface area contributed by atoms with Crippen LogP contribution < -0.4 is 4.90 Å². The minimum atomic E-state index is -0.163. The summed E-state index contributed by atoms with van der Waals surface area (Å²) in [7, 11) is 2.15. The average molecular weight is 274 g/mol. The fourth-order valence-electron chi connectivity index (χ4n) is 3.38. The van der Waals surface area contributed by atoms with Crippen LogP contribution in [0, 0.1) is 5.82 Å². The predicted molar refractivity (Wildman–Crippen MR) is 77.7 cm³/mol. The number of aryl methyl sites for hydroxylation is 2. The Kier molecular flexibility index (Phi) is 2.70. The van der Waals surface area contributed by atoms with Crippen molar-refractivity contribution >= 4 is 17.0 Å². The fourth-order valence-corrected chi connectivity index (χ4v) is 3.38. The smallest absolute Gasteiger partial charge is 0.206 e. The van der Waals surface area contributed by atoms with Crippen molar-refractivity contribution in [2.45, 2.75) is 19.4 Å². The quantitative estimate of drug-likeness (QED) is 0.793. The largest absolute Gasteiger partial charge is 0.340 e. The van der Waals surface area contributed by atoms with Gasteiger partial charge in [-0.15, -0.1) is 0 Å². The van der Waals surface area contributed by atoms with Gasteiger partial charge in [0.2, 0.25) is 5.95 Å². The van der Waals surface area contributed by atoms with Gasteiger partial charge in [-0.05, 0) is 31.5 Å². The SMILES string of the molecule is CN1CCN(c2nc3cc(F)cc4c3n2CCC4)CC1. The van der Waals surface area contributed by atoms with Gasteiger partial charge in [-0.25, -0.2) is 9.37 Å². The molecule has 0 saturated carbocycles. The number of halogens is 1. The highest BCUT2D eigenvalue weighted by atomic mass is 19.1. The molecule has 0 amide bonds. The molecule has 5 heteroatoms. The summed E-state index contributed by atoms with van der Waals surface area (Å²) in [5.74, 6) is 0.864. The minimum Gasteiger partial charge on any atom is -0.340 e. The summed E-state index contributed by atoms with van der Waals surface area (Å²) in [6, 6.07) is 3.24. The predicted octanol–water partition coefficient (Wildman–Crippen LogP) is 1.87. The number of imidazole rings is 1. The summed E-state index contributed by atoms with van der Waals surface area (Å²) >= 11 is 0. The minimum absolute atomic E-state index is 0.163. The molecule has 1 fully saturated rings. The molecule has 2 aliphatic heterocycles. The van der Waals surface area contributed by atoms with E-state index in [1.807, 2.05) is 0 Å². The van der Waals surface area contributed by atoms with Gasteiger partial charge in [0.15, 0.2) is 0 Å². The first kappa shape index (κ1) is 12.1. The van der Waals surface area contributed by atoms with E-state index in [9.17, 15) is 4.39 Å². The van der Waals surface area contributed by atoms with E-state index in [4.69, 9.17) is 4.98 Å². The number of hydrogen-bond donors (Lipinski definition) is 0. The van der Waals surface area contributed by atoms with Crippen molar-refractivity contribution in [1.82, 2.24) is 14.5 Å². The number of hydrogen-bond acceptors (Lipinski definition) is 3. The molecule has 0 N–H and O–H groups in total. The first-order chi connectivity index (χ1) is 9.72. The van der Waals surface area contributed by atoms with Crippen molar-refractivity contribution in [1.29, 1.82) is 0 Å². The number of nitrogens with zero attached hydrogens (tertiary/aromatic N) is 4. The molecular weight excluding hydrogens is 255 g/mol. The number of likely N-dealkylation sites (N-methyl/N-ethyl adjacent to an activating group) is 1. The zero-order chi connectivity index (χ0) is 13.7. The number of piperazine rings is 1. The van der Waals surface area contributed by atoms with Crippen LogP contribution in [0.1, 0.15) is 12.0 Å². The lowest BCUT2D eigenvalue weighted by Gasteiger charge is -2.33. The third-order valence-corrected chi connectivity index (χ3v) is 4.48. The van der Waals surface area contributed by atoms with Crippen molar-refractivity contribution < 1.29 is 4.39 Å². The molecule has 3 heterocycles. The molecule has 0 atom stereocenters. The van der Waals surface area contributed by atoms with Gasteiger partial charge in [0.25, 0.3) is 0 Å². The van der Waals surface area contributed by atoms with E-state index < -0.39 is 0 Å². The van der Waals surface area contributed by atoms with E-state index in [-0.39, 0.29) is 5.82 Å². The molecular formula is C15H19FN4. The monoisotopic (exact) mass is 274 g/mol. The first-order valence-electron chi connectivity index (χ1n) is 7.34. The van der Waals surface area contributed by atoms with Crippen molar-refractivity contribution in [2.75, 3.05) is 38.1 Å². The van der Waals surface area contributed by atoms with E-state index >= 15 is 0 Å². The topological polar surface area (TPSA) is 24.3 Å². The van der Waals surface area contributed by atoms with Crippen LogP contribution in [0.4, 0.5) is 10.3 Å². The van der Waals surface area contributed by atoms with Crippen molar-refractivity contribution in [3.63, 3.8) is 0 Å². The summed E-state index contributed by atoms with van der Waals surface area (Å²) in [6.07, 6.45) is 2.03. The van der Waals surface area contributed by atoms with E-state index in [0.717, 1.165) is 68.1 Å². The van der Waals surface area contributed by atoms with Crippen molar-refractivity contribution in [3.05, 3.63) is 23.5 Å². The van der Waals surface area contributed by atoms with Crippen LogP contribution in [0.25, 0.3) is 11.0 Å². The maximum absolute atomic E-state index is 13.7. The third-order valence-electron chi connectivity index (χ3n) is 4.48. The maximum Gasteiger partial charge on any atom is 0.206 e. The zero-order valence-electron chi connectivity index (χ0n) is 11.8. The van der Waals surface area contributed by atoms with Gasteiger partial charge in [-0.1, -0.05) is 0 Å². The molecule has 0 bridgehead atoms. The number of benzene rings is 1. The average Bonchev–Trinajstić information content (AvgIpc) is 2.80. The Morgan fingerprint density at radius 1 is 1.10 bits per heavy atom. The van der Waals surface area contributed by atoms with Gasteiger partial charge in [0, 0.05) is 38.8 Å². The highest BCUT2D eigenvalue weighted by molar-refractivity contribution is 5.83. The van der Waals surface area contributed by atoms with Crippen LogP contribution in [0.3, 0.4) is 0 Å².